The van der Waals surface area contributed by atoms with E-state index in [0.717, 1.165) is 5.56 Å². The number of hydrogen-bond donors (Lipinski definition) is 1. The lowest BCUT2D eigenvalue weighted by atomic mass is 10.0. The zero-order valence-electron chi connectivity index (χ0n) is 11.6. The van der Waals surface area contributed by atoms with Crippen molar-refractivity contribution in [1.29, 1.82) is 0 Å². The molecule has 0 radical (unpaired) electrons. The third-order valence-corrected chi connectivity index (χ3v) is 3.60. The molecule has 4 aromatic rings. The predicted molar refractivity (Wildman–Crippen MR) is 85.5 cm³/mol. The van der Waals surface area contributed by atoms with Crippen LogP contribution in [0.2, 0.25) is 0 Å². The van der Waals surface area contributed by atoms with E-state index in [9.17, 15) is 4.79 Å². The van der Waals surface area contributed by atoms with E-state index in [1.54, 1.807) is 24.4 Å². The summed E-state index contributed by atoms with van der Waals surface area (Å²) in [5.41, 5.74) is 2.52. The van der Waals surface area contributed by atoms with E-state index in [1.807, 2.05) is 42.5 Å². The van der Waals surface area contributed by atoms with Crippen LogP contribution in [0.3, 0.4) is 0 Å². The maximum absolute atomic E-state index is 12.9. The van der Waals surface area contributed by atoms with Crippen molar-refractivity contribution in [3.8, 4) is 22.6 Å². The first-order valence-corrected chi connectivity index (χ1v) is 6.95. The van der Waals surface area contributed by atoms with Crippen LogP contribution in [0.4, 0.5) is 0 Å². The second-order valence-electron chi connectivity index (χ2n) is 4.97. The van der Waals surface area contributed by atoms with E-state index < -0.39 is 0 Å². The van der Waals surface area contributed by atoms with E-state index in [1.165, 1.54) is 0 Å². The molecule has 2 heterocycles. The predicted octanol–water partition coefficient (Wildman–Crippen LogP) is 3.85. The van der Waals surface area contributed by atoms with Gasteiger partial charge in [-0.05, 0) is 18.2 Å². The molecule has 22 heavy (non-hydrogen) atoms. The number of nitrogens with zero attached hydrogens (tertiary/aromatic N) is 1. The van der Waals surface area contributed by atoms with Gasteiger partial charge in [-0.3, -0.25) is 9.89 Å². The summed E-state index contributed by atoms with van der Waals surface area (Å²) in [6, 6.07) is 18.7. The van der Waals surface area contributed by atoms with Gasteiger partial charge in [0, 0.05) is 11.8 Å². The van der Waals surface area contributed by atoms with E-state index in [0.29, 0.717) is 28.0 Å². The molecule has 2 aromatic carbocycles. The first-order valence-electron chi connectivity index (χ1n) is 6.95. The topological polar surface area (TPSA) is 58.9 Å². The van der Waals surface area contributed by atoms with Crippen LogP contribution in [0.1, 0.15) is 0 Å². The fraction of sp³-hybridized carbons (Fsp3) is 0. The maximum atomic E-state index is 12.9. The van der Waals surface area contributed by atoms with Crippen LogP contribution >= 0.6 is 0 Å². The zero-order chi connectivity index (χ0) is 14.9. The molecule has 2 aromatic heterocycles. The molecule has 0 aliphatic rings. The summed E-state index contributed by atoms with van der Waals surface area (Å²) in [4.78, 5) is 12.9. The second kappa shape index (κ2) is 5.00. The largest absolute Gasteiger partial charge is 0.455 e. The number of fused-ring (bicyclic) bond motifs is 1. The van der Waals surface area contributed by atoms with Gasteiger partial charge in [0.25, 0.3) is 0 Å². The molecule has 0 bridgehead atoms. The molecule has 0 saturated carbocycles. The fourth-order valence-corrected chi connectivity index (χ4v) is 2.57. The molecule has 4 heteroatoms. The van der Waals surface area contributed by atoms with Crippen molar-refractivity contribution in [2.75, 3.05) is 0 Å². The average molecular weight is 288 g/mol. The summed E-state index contributed by atoms with van der Waals surface area (Å²) in [7, 11) is 0. The average Bonchev–Trinajstić information content (AvgIpc) is 3.10. The van der Waals surface area contributed by atoms with Gasteiger partial charge in [0.05, 0.1) is 16.6 Å². The smallest absolute Gasteiger partial charge is 0.202 e. The summed E-state index contributed by atoms with van der Waals surface area (Å²) in [6.07, 6.45) is 1.62. The molecule has 0 saturated heterocycles. The number of nitrogens with one attached hydrogen (secondary N) is 1. The molecule has 0 fully saturated rings. The van der Waals surface area contributed by atoms with Crippen molar-refractivity contribution in [1.82, 2.24) is 10.2 Å². The molecule has 1 N–H and O–H groups in total. The minimum Gasteiger partial charge on any atom is -0.455 e. The molecule has 0 spiro atoms. The lowest BCUT2D eigenvalue weighted by Crippen LogP contribution is -2.07. The summed E-state index contributed by atoms with van der Waals surface area (Å²) >= 11 is 0. The van der Waals surface area contributed by atoms with Crippen molar-refractivity contribution >= 4 is 11.0 Å². The van der Waals surface area contributed by atoms with Crippen molar-refractivity contribution in [3.63, 3.8) is 0 Å². The normalized spacial score (nSPS) is 10.9. The van der Waals surface area contributed by atoms with Crippen molar-refractivity contribution in [3.05, 3.63) is 77.1 Å². The SMILES string of the molecule is O=c1c(-c2ccn[nH]2)c(-c2ccccc2)oc2ccccc12. The summed E-state index contributed by atoms with van der Waals surface area (Å²) < 4.78 is 6.04. The van der Waals surface area contributed by atoms with Gasteiger partial charge in [0.15, 0.2) is 0 Å². The van der Waals surface area contributed by atoms with Gasteiger partial charge in [0.1, 0.15) is 11.3 Å². The molecule has 106 valence electrons. The Balaban J connectivity index is 2.14. The van der Waals surface area contributed by atoms with Gasteiger partial charge in [-0.1, -0.05) is 42.5 Å². The van der Waals surface area contributed by atoms with Crippen LogP contribution in [-0.2, 0) is 0 Å². The number of aromatic nitrogens is 2. The number of rotatable bonds is 2. The molecule has 0 unspecified atom stereocenters. The van der Waals surface area contributed by atoms with Gasteiger partial charge in [-0.25, -0.2) is 0 Å². The highest BCUT2D eigenvalue weighted by molar-refractivity contribution is 5.87. The first kappa shape index (κ1) is 12.6. The van der Waals surface area contributed by atoms with Crippen molar-refractivity contribution < 1.29 is 4.42 Å². The van der Waals surface area contributed by atoms with E-state index >= 15 is 0 Å². The highest BCUT2D eigenvalue weighted by Crippen LogP contribution is 2.31. The van der Waals surface area contributed by atoms with Gasteiger partial charge >= 0.3 is 0 Å². The Bertz CT molecular complexity index is 987. The minimum atomic E-state index is -0.0649. The lowest BCUT2D eigenvalue weighted by Gasteiger charge is -2.08. The number of benzene rings is 2. The quantitative estimate of drug-likeness (QED) is 0.609. The van der Waals surface area contributed by atoms with Crippen LogP contribution in [0.5, 0.6) is 0 Å². The first-order chi connectivity index (χ1) is 10.8. The van der Waals surface area contributed by atoms with Gasteiger partial charge < -0.3 is 4.42 Å². The number of para-hydroxylation sites is 1. The minimum absolute atomic E-state index is 0.0649. The van der Waals surface area contributed by atoms with E-state index in [-0.39, 0.29) is 5.43 Å². The number of H-pyrrole nitrogens is 1. The van der Waals surface area contributed by atoms with Crippen LogP contribution in [0.25, 0.3) is 33.6 Å². The fourth-order valence-electron chi connectivity index (χ4n) is 2.57. The summed E-state index contributed by atoms with van der Waals surface area (Å²) in [6.45, 7) is 0. The van der Waals surface area contributed by atoms with Gasteiger partial charge in [-0.2, -0.15) is 5.10 Å². The number of aromatic amines is 1. The van der Waals surface area contributed by atoms with Gasteiger partial charge in [0.2, 0.25) is 5.43 Å². The third kappa shape index (κ3) is 1.93. The Kier molecular flexibility index (Phi) is 2.86. The van der Waals surface area contributed by atoms with Crippen LogP contribution in [0.15, 0.2) is 76.1 Å². The molecule has 0 atom stereocenters. The van der Waals surface area contributed by atoms with Crippen LogP contribution in [0, 0.1) is 0 Å². The number of hydrogen-bond acceptors (Lipinski definition) is 3. The Hall–Kier alpha value is -3.14. The Morgan fingerprint density at radius 1 is 0.909 bits per heavy atom. The monoisotopic (exact) mass is 288 g/mol. The van der Waals surface area contributed by atoms with E-state index in [4.69, 9.17) is 4.42 Å². The Morgan fingerprint density at radius 2 is 1.68 bits per heavy atom. The molecule has 4 nitrogen and oxygen atoms in total. The Labute approximate surface area is 126 Å². The summed E-state index contributed by atoms with van der Waals surface area (Å²) in [5, 5.41) is 7.37. The van der Waals surface area contributed by atoms with Crippen LogP contribution in [-0.4, -0.2) is 10.2 Å². The molecular formula is C18H12N2O2. The highest BCUT2D eigenvalue weighted by atomic mass is 16.3. The second-order valence-corrected chi connectivity index (χ2v) is 4.97. The zero-order valence-corrected chi connectivity index (χ0v) is 11.6. The summed E-state index contributed by atoms with van der Waals surface area (Å²) in [5.74, 6) is 0.550. The van der Waals surface area contributed by atoms with Gasteiger partial charge in [-0.15, -0.1) is 0 Å². The standard InChI is InChI=1S/C18H12N2O2/c21-17-13-8-4-5-9-15(13)22-18(12-6-2-1-3-7-12)16(17)14-10-11-19-20-14/h1-11H,(H,19,20). The molecule has 0 amide bonds. The molecule has 4 rings (SSSR count). The van der Waals surface area contributed by atoms with Crippen LogP contribution < -0.4 is 5.43 Å². The van der Waals surface area contributed by atoms with Crippen molar-refractivity contribution in [2.24, 2.45) is 0 Å². The lowest BCUT2D eigenvalue weighted by molar-refractivity contribution is 0.620. The molecule has 0 aliphatic heterocycles. The Morgan fingerprint density at radius 3 is 2.45 bits per heavy atom. The molecule has 0 aliphatic carbocycles. The van der Waals surface area contributed by atoms with E-state index in [2.05, 4.69) is 10.2 Å². The molecular weight excluding hydrogens is 276 g/mol. The maximum Gasteiger partial charge on any atom is 0.202 e. The third-order valence-electron chi connectivity index (χ3n) is 3.60. The highest BCUT2D eigenvalue weighted by Gasteiger charge is 2.18. The van der Waals surface area contributed by atoms with Crippen molar-refractivity contribution in [2.45, 2.75) is 0 Å².